The first kappa shape index (κ1) is 11.3. The molecule has 0 aliphatic heterocycles. The third-order valence-corrected chi connectivity index (χ3v) is 1.17. The minimum absolute atomic E-state index is 0.111. The molecule has 1 N–H and O–H groups in total. The number of hydrogen-bond donors (Lipinski definition) is 1. The van der Waals surface area contributed by atoms with Gasteiger partial charge in [0, 0.05) is 6.92 Å². The molecule has 0 saturated carbocycles. The molecule has 0 aromatic heterocycles. The Hall–Kier alpha value is -0.740. The Morgan fingerprint density at radius 3 is 2.75 bits per heavy atom. The molecular formula is C8H15O4+. The molecule has 4 nitrogen and oxygen atoms in total. The molecule has 12 heavy (non-hydrogen) atoms. The molecule has 0 heterocycles. The zero-order chi connectivity index (χ0) is 9.40. The van der Waals surface area contributed by atoms with Crippen molar-refractivity contribution >= 4 is 5.97 Å². The molecule has 1 atom stereocenters. The molecule has 0 spiro atoms. The Morgan fingerprint density at radius 1 is 1.67 bits per heavy atom. The number of hydrogen-bond acceptors (Lipinski definition) is 4. The third kappa shape index (κ3) is 6.00. The van der Waals surface area contributed by atoms with E-state index in [1.54, 1.807) is 0 Å². The molecule has 0 amide bonds. The van der Waals surface area contributed by atoms with Crippen LogP contribution in [0.25, 0.3) is 0 Å². The average molecular weight is 175 g/mol. The molecule has 0 aromatic carbocycles. The Balaban J connectivity index is 3.45. The molecule has 0 fully saturated rings. The van der Waals surface area contributed by atoms with Gasteiger partial charge in [0.1, 0.15) is 19.1 Å². The van der Waals surface area contributed by atoms with Crippen LogP contribution in [0.5, 0.6) is 0 Å². The summed E-state index contributed by atoms with van der Waals surface area (Å²) in [6, 6.07) is 0. The Morgan fingerprint density at radius 2 is 2.33 bits per heavy atom. The van der Waals surface area contributed by atoms with E-state index in [9.17, 15) is 4.79 Å². The van der Waals surface area contributed by atoms with Gasteiger partial charge in [0.15, 0.2) is 6.61 Å². The smallest absolute Gasteiger partial charge is 0.302 e. The minimum atomic E-state index is -0.412. The summed E-state index contributed by atoms with van der Waals surface area (Å²) in [5.41, 5.74) is 0. The van der Waals surface area contributed by atoms with E-state index in [4.69, 9.17) is 9.84 Å². The van der Waals surface area contributed by atoms with E-state index in [0.29, 0.717) is 6.61 Å². The van der Waals surface area contributed by atoms with Crippen LogP contribution in [0.3, 0.4) is 0 Å². The van der Waals surface area contributed by atoms with Gasteiger partial charge in [-0.3, -0.25) is 4.79 Å². The molecule has 0 aromatic rings. The summed E-state index contributed by atoms with van der Waals surface area (Å²) in [5, 5.41) is 8.74. The number of rotatable bonds is 6. The lowest BCUT2D eigenvalue weighted by Crippen LogP contribution is -2.25. The summed E-state index contributed by atoms with van der Waals surface area (Å²) in [6.45, 7) is 3.59. The van der Waals surface area contributed by atoms with Gasteiger partial charge in [0.2, 0.25) is 0 Å². The predicted octanol–water partition coefficient (Wildman–Crippen LogP) is 0.151. The molecule has 0 aliphatic rings. The highest BCUT2D eigenvalue weighted by Gasteiger charge is 2.10. The number of aliphatic hydroxyl groups excluding tert-OH is 1. The number of esters is 1. The molecule has 0 rings (SSSR count). The average Bonchev–Trinajstić information content (AvgIpc) is 2.05. The van der Waals surface area contributed by atoms with Crippen molar-refractivity contribution in [3.8, 4) is 0 Å². The molecule has 0 bridgehead atoms. The summed E-state index contributed by atoms with van der Waals surface area (Å²) in [4.78, 5) is 10.4. The number of ether oxygens (including phenoxy) is 2. The van der Waals surface area contributed by atoms with Gasteiger partial charge < -0.3 is 14.6 Å². The fraction of sp³-hybridized carbons (Fsp3) is 0.750. The van der Waals surface area contributed by atoms with E-state index in [2.05, 4.69) is 4.74 Å². The molecule has 1 unspecified atom stereocenters. The van der Waals surface area contributed by atoms with Crippen LogP contribution >= 0.6 is 0 Å². The first-order valence-corrected chi connectivity index (χ1v) is 3.84. The molecule has 0 radical (unpaired) electrons. The van der Waals surface area contributed by atoms with E-state index >= 15 is 0 Å². The third-order valence-electron chi connectivity index (χ3n) is 1.17. The topological polar surface area (TPSA) is 55.8 Å². The van der Waals surface area contributed by atoms with E-state index in [-0.39, 0.29) is 19.2 Å². The van der Waals surface area contributed by atoms with Crippen LogP contribution in [-0.2, 0) is 14.3 Å². The van der Waals surface area contributed by atoms with Gasteiger partial charge in [-0.15, -0.1) is 0 Å². The molecule has 0 aliphatic carbocycles. The van der Waals surface area contributed by atoms with Crippen LogP contribution in [0, 0.1) is 6.42 Å². The summed E-state index contributed by atoms with van der Waals surface area (Å²) < 4.78 is 9.76. The standard InChI is InChI=1S/C8H15O4/c1-3-4-11-8(5-9)6-12-7(2)10/h3,8-9H,4-6H2,1-2H3/q+1. The van der Waals surface area contributed by atoms with Crippen molar-refractivity contribution in [1.82, 2.24) is 0 Å². The maximum absolute atomic E-state index is 10.4. The second-order valence-corrected chi connectivity index (χ2v) is 2.35. The highest BCUT2D eigenvalue weighted by molar-refractivity contribution is 5.65. The first-order valence-electron chi connectivity index (χ1n) is 3.84. The van der Waals surface area contributed by atoms with Gasteiger partial charge in [0.25, 0.3) is 0 Å². The van der Waals surface area contributed by atoms with Crippen molar-refractivity contribution in [1.29, 1.82) is 0 Å². The Labute approximate surface area is 72.5 Å². The van der Waals surface area contributed by atoms with Gasteiger partial charge in [-0.05, 0) is 0 Å². The SMILES string of the molecule is C[CH+]COC(CO)COC(C)=O. The summed E-state index contributed by atoms with van der Waals surface area (Å²) >= 11 is 0. The van der Waals surface area contributed by atoms with Crippen molar-refractivity contribution in [2.45, 2.75) is 20.0 Å². The van der Waals surface area contributed by atoms with Gasteiger partial charge >= 0.3 is 5.97 Å². The van der Waals surface area contributed by atoms with E-state index in [0.717, 1.165) is 0 Å². The van der Waals surface area contributed by atoms with Crippen LogP contribution in [0.4, 0.5) is 0 Å². The zero-order valence-corrected chi connectivity index (χ0v) is 7.45. The van der Waals surface area contributed by atoms with Gasteiger partial charge in [0.05, 0.1) is 13.5 Å². The first-order chi connectivity index (χ1) is 5.70. The van der Waals surface area contributed by atoms with Crippen molar-refractivity contribution in [2.24, 2.45) is 0 Å². The van der Waals surface area contributed by atoms with Crippen molar-refractivity contribution in [3.63, 3.8) is 0 Å². The van der Waals surface area contributed by atoms with E-state index < -0.39 is 6.10 Å². The summed E-state index contributed by atoms with van der Waals surface area (Å²) in [5.74, 6) is -0.363. The normalized spacial score (nSPS) is 12.2. The van der Waals surface area contributed by atoms with Crippen LogP contribution in [-0.4, -0.2) is 37.0 Å². The fourth-order valence-corrected chi connectivity index (χ4v) is 0.596. The van der Waals surface area contributed by atoms with Crippen molar-refractivity contribution in [2.75, 3.05) is 19.8 Å². The largest absolute Gasteiger partial charge is 0.463 e. The fourth-order valence-electron chi connectivity index (χ4n) is 0.596. The highest BCUT2D eigenvalue weighted by atomic mass is 16.6. The van der Waals surface area contributed by atoms with Crippen molar-refractivity contribution < 1.29 is 19.4 Å². The second-order valence-electron chi connectivity index (χ2n) is 2.35. The molecule has 70 valence electrons. The van der Waals surface area contributed by atoms with E-state index in [1.165, 1.54) is 6.92 Å². The highest BCUT2D eigenvalue weighted by Crippen LogP contribution is 1.93. The van der Waals surface area contributed by atoms with Crippen LogP contribution in [0.2, 0.25) is 0 Å². The van der Waals surface area contributed by atoms with Crippen LogP contribution < -0.4 is 0 Å². The number of carbonyl (C=O) groups is 1. The van der Waals surface area contributed by atoms with Crippen LogP contribution in [0.15, 0.2) is 0 Å². The zero-order valence-electron chi connectivity index (χ0n) is 7.45. The number of carbonyl (C=O) groups excluding carboxylic acids is 1. The van der Waals surface area contributed by atoms with Gasteiger partial charge in [-0.2, -0.15) is 0 Å². The van der Waals surface area contributed by atoms with Crippen molar-refractivity contribution in [3.05, 3.63) is 6.42 Å². The maximum Gasteiger partial charge on any atom is 0.302 e. The maximum atomic E-state index is 10.4. The quantitative estimate of drug-likeness (QED) is 0.461. The van der Waals surface area contributed by atoms with E-state index in [1.807, 2.05) is 13.3 Å². The van der Waals surface area contributed by atoms with Gasteiger partial charge in [-0.1, -0.05) is 0 Å². The predicted molar refractivity (Wildman–Crippen MR) is 43.4 cm³/mol. The number of aliphatic hydroxyl groups is 1. The lowest BCUT2D eigenvalue weighted by molar-refractivity contribution is -0.146. The lowest BCUT2D eigenvalue weighted by atomic mass is 10.4. The Kier molecular flexibility index (Phi) is 6.51. The van der Waals surface area contributed by atoms with Gasteiger partial charge in [-0.25, -0.2) is 0 Å². The van der Waals surface area contributed by atoms with Crippen LogP contribution in [0.1, 0.15) is 13.8 Å². The monoisotopic (exact) mass is 175 g/mol. The molecule has 0 saturated heterocycles. The summed E-state index contributed by atoms with van der Waals surface area (Å²) in [7, 11) is 0. The minimum Gasteiger partial charge on any atom is -0.463 e. The second kappa shape index (κ2) is 6.94. The summed E-state index contributed by atoms with van der Waals surface area (Å²) in [6.07, 6.45) is 1.40. The Bertz CT molecular complexity index is 124. The molecule has 4 heteroatoms. The molecular weight excluding hydrogens is 160 g/mol. The lowest BCUT2D eigenvalue weighted by Gasteiger charge is -2.11.